The largest absolute Gasteiger partial charge is 0.498 e. The summed E-state index contributed by atoms with van der Waals surface area (Å²) in [5.74, 6) is -1.55. The second-order valence-electron chi connectivity index (χ2n) is 5.91. The van der Waals surface area contributed by atoms with Gasteiger partial charge in [-0.2, -0.15) is 0 Å². The van der Waals surface area contributed by atoms with Crippen LogP contribution in [-0.4, -0.2) is 96.3 Å². The summed E-state index contributed by atoms with van der Waals surface area (Å²) in [5, 5.41) is 8.52. The van der Waals surface area contributed by atoms with E-state index in [9.17, 15) is 9.59 Å². The highest BCUT2D eigenvalue weighted by Crippen LogP contribution is 2.01. The van der Waals surface area contributed by atoms with Gasteiger partial charge in [-0.15, -0.1) is 0 Å². The van der Waals surface area contributed by atoms with E-state index in [1.54, 1.807) is 0 Å². The van der Waals surface area contributed by atoms with E-state index in [-0.39, 0.29) is 24.4 Å². The first kappa shape index (κ1) is 28.2. The fourth-order valence-corrected chi connectivity index (χ4v) is 1.64. The van der Waals surface area contributed by atoms with Crippen LogP contribution < -0.4 is 0 Å². The number of hydrogen-bond donors (Lipinski definition) is 1. The molecule has 0 fully saturated rings. The van der Waals surface area contributed by atoms with E-state index in [4.69, 9.17) is 33.5 Å². The minimum absolute atomic E-state index is 0.0114. The van der Waals surface area contributed by atoms with Gasteiger partial charge in [0.1, 0.15) is 6.61 Å². The molecule has 0 rings (SSSR count). The van der Waals surface area contributed by atoms with Gasteiger partial charge in [-0.3, -0.25) is 0 Å². The highest BCUT2D eigenvalue weighted by molar-refractivity contribution is 6.00. The molecule has 1 N–H and O–H groups in total. The average Bonchev–Trinajstić information content (AvgIpc) is 2.72. The maximum Gasteiger partial charge on any atom is 0.344 e. The molecule has 0 atom stereocenters. The molecule has 0 aromatic carbocycles. The van der Waals surface area contributed by atoms with Crippen molar-refractivity contribution in [3.05, 3.63) is 24.0 Å². The van der Waals surface area contributed by atoms with Crippen molar-refractivity contribution in [3.8, 4) is 0 Å². The summed E-state index contributed by atoms with van der Waals surface area (Å²) in [6.45, 7) is 10.8. The lowest BCUT2D eigenvalue weighted by molar-refractivity contribution is -0.154. The number of aliphatic hydroxyl groups is 1. The Labute approximate surface area is 177 Å². The van der Waals surface area contributed by atoms with E-state index >= 15 is 0 Å². The molecule has 10 nitrogen and oxygen atoms in total. The SMILES string of the molecule is C=C(C)C(=O)OC(=O)C(C)=COCCOCCOCCOCCOCCOCCO. The molecule has 0 unspecified atom stereocenters. The lowest BCUT2D eigenvalue weighted by Gasteiger charge is -2.08. The molecule has 0 aliphatic rings. The second kappa shape index (κ2) is 20.5. The molecule has 0 spiro atoms. The molecular formula is C20H34O10. The fourth-order valence-electron chi connectivity index (χ4n) is 1.64. The molecular weight excluding hydrogens is 400 g/mol. The molecule has 0 aliphatic heterocycles. The minimum Gasteiger partial charge on any atom is -0.498 e. The quantitative estimate of drug-likeness (QED) is 0.0960. The molecule has 0 heterocycles. The number of esters is 2. The summed E-state index contributed by atoms with van der Waals surface area (Å²) in [7, 11) is 0. The Hall–Kier alpha value is -1.82. The summed E-state index contributed by atoms with van der Waals surface area (Å²) < 4.78 is 36.1. The third kappa shape index (κ3) is 18.2. The zero-order chi connectivity index (χ0) is 22.5. The lowest BCUT2D eigenvalue weighted by atomic mass is 10.3. The highest BCUT2D eigenvalue weighted by Gasteiger charge is 2.12. The number of carbonyl (C=O) groups excluding carboxylic acids is 2. The van der Waals surface area contributed by atoms with Gasteiger partial charge in [0.05, 0.1) is 84.5 Å². The normalized spacial score (nSPS) is 11.4. The number of ether oxygens (including phenoxy) is 7. The first-order valence-electron chi connectivity index (χ1n) is 9.69. The van der Waals surface area contributed by atoms with Gasteiger partial charge in [-0.25, -0.2) is 9.59 Å². The highest BCUT2D eigenvalue weighted by atomic mass is 16.6. The molecule has 0 radical (unpaired) electrons. The molecule has 10 heteroatoms. The molecule has 0 aliphatic carbocycles. The standard InChI is InChI=1S/C20H34O10/c1-17(2)19(22)30-20(23)18(3)16-29-15-14-28-13-12-27-11-10-26-9-8-25-7-6-24-5-4-21/h16,21H,1,4-15H2,2-3H3. The minimum atomic E-state index is -0.779. The van der Waals surface area contributed by atoms with Crippen LogP contribution in [0.5, 0.6) is 0 Å². The maximum absolute atomic E-state index is 11.6. The summed E-state index contributed by atoms with van der Waals surface area (Å²) in [4.78, 5) is 22.8. The van der Waals surface area contributed by atoms with Crippen LogP contribution in [0.25, 0.3) is 0 Å². The van der Waals surface area contributed by atoms with E-state index in [0.717, 1.165) is 0 Å². The van der Waals surface area contributed by atoms with Crippen molar-refractivity contribution in [2.75, 3.05) is 79.3 Å². The van der Waals surface area contributed by atoms with Crippen molar-refractivity contribution in [2.24, 2.45) is 0 Å². The van der Waals surface area contributed by atoms with Gasteiger partial charge >= 0.3 is 11.9 Å². The van der Waals surface area contributed by atoms with Crippen LogP contribution in [-0.2, 0) is 42.7 Å². The van der Waals surface area contributed by atoms with Crippen LogP contribution in [0.3, 0.4) is 0 Å². The van der Waals surface area contributed by atoms with Crippen LogP contribution in [0.15, 0.2) is 24.0 Å². The zero-order valence-electron chi connectivity index (χ0n) is 17.9. The fraction of sp³-hybridized carbons (Fsp3) is 0.700. The van der Waals surface area contributed by atoms with E-state index in [0.29, 0.717) is 66.1 Å². The van der Waals surface area contributed by atoms with Crippen LogP contribution in [0, 0.1) is 0 Å². The van der Waals surface area contributed by atoms with Crippen molar-refractivity contribution in [1.82, 2.24) is 0 Å². The first-order chi connectivity index (χ1) is 14.5. The van der Waals surface area contributed by atoms with Gasteiger partial charge in [-0.1, -0.05) is 6.58 Å². The number of carbonyl (C=O) groups is 2. The third-order valence-electron chi connectivity index (χ3n) is 3.19. The second-order valence-corrected chi connectivity index (χ2v) is 5.91. The van der Waals surface area contributed by atoms with Gasteiger partial charge in [0.15, 0.2) is 0 Å². The molecule has 0 saturated heterocycles. The van der Waals surface area contributed by atoms with Crippen molar-refractivity contribution < 1.29 is 47.9 Å². The lowest BCUT2D eigenvalue weighted by Crippen LogP contribution is -2.14. The van der Waals surface area contributed by atoms with Crippen LogP contribution in [0.2, 0.25) is 0 Å². The molecule has 174 valence electrons. The van der Waals surface area contributed by atoms with Crippen molar-refractivity contribution in [2.45, 2.75) is 13.8 Å². The molecule has 0 aromatic heterocycles. The Morgan fingerprint density at radius 3 is 1.50 bits per heavy atom. The van der Waals surface area contributed by atoms with Crippen LogP contribution >= 0.6 is 0 Å². The van der Waals surface area contributed by atoms with E-state index < -0.39 is 11.9 Å². The monoisotopic (exact) mass is 434 g/mol. The Bertz CT molecular complexity index is 504. The predicted molar refractivity (Wildman–Crippen MR) is 107 cm³/mol. The molecule has 30 heavy (non-hydrogen) atoms. The Kier molecular flexibility index (Phi) is 19.2. The average molecular weight is 434 g/mol. The summed E-state index contributed by atoms with van der Waals surface area (Å²) in [6.07, 6.45) is 1.22. The maximum atomic E-state index is 11.6. The number of hydrogen-bond acceptors (Lipinski definition) is 10. The Morgan fingerprint density at radius 2 is 1.10 bits per heavy atom. The van der Waals surface area contributed by atoms with E-state index in [1.807, 2.05) is 0 Å². The van der Waals surface area contributed by atoms with Crippen LogP contribution in [0.4, 0.5) is 0 Å². The third-order valence-corrected chi connectivity index (χ3v) is 3.19. The Morgan fingerprint density at radius 1 is 0.700 bits per heavy atom. The molecule has 0 amide bonds. The summed E-state index contributed by atoms with van der Waals surface area (Å²) in [6, 6.07) is 0. The van der Waals surface area contributed by atoms with Crippen molar-refractivity contribution >= 4 is 11.9 Å². The van der Waals surface area contributed by atoms with Gasteiger partial charge in [0.25, 0.3) is 0 Å². The van der Waals surface area contributed by atoms with E-state index in [2.05, 4.69) is 11.3 Å². The Balaban J connectivity index is 3.37. The smallest absolute Gasteiger partial charge is 0.344 e. The van der Waals surface area contributed by atoms with Crippen molar-refractivity contribution in [3.63, 3.8) is 0 Å². The molecule has 0 bridgehead atoms. The summed E-state index contributed by atoms with van der Waals surface area (Å²) in [5.41, 5.74) is 0.304. The zero-order valence-corrected chi connectivity index (χ0v) is 17.9. The van der Waals surface area contributed by atoms with Gasteiger partial charge in [0.2, 0.25) is 0 Å². The van der Waals surface area contributed by atoms with Crippen molar-refractivity contribution in [1.29, 1.82) is 0 Å². The first-order valence-corrected chi connectivity index (χ1v) is 9.69. The topological polar surface area (TPSA) is 119 Å². The molecule has 0 saturated carbocycles. The number of rotatable bonds is 20. The van der Waals surface area contributed by atoms with Gasteiger partial charge in [0, 0.05) is 5.57 Å². The van der Waals surface area contributed by atoms with Gasteiger partial charge in [-0.05, 0) is 13.8 Å². The van der Waals surface area contributed by atoms with Crippen LogP contribution in [0.1, 0.15) is 13.8 Å². The van der Waals surface area contributed by atoms with E-state index in [1.165, 1.54) is 20.1 Å². The predicted octanol–water partition coefficient (Wildman–Crippen LogP) is 0.628. The summed E-state index contributed by atoms with van der Waals surface area (Å²) >= 11 is 0. The molecule has 0 aromatic rings. The number of aliphatic hydroxyl groups excluding tert-OH is 1. The van der Waals surface area contributed by atoms with Gasteiger partial charge < -0.3 is 38.3 Å².